The van der Waals surface area contributed by atoms with E-state index in [1.54, 1.807) is 0 Å². The zero-order chi connectivity index (χ0) is 29.9. The van der Waals surface area contributed by atoms with Crippen molar-refractivity contribution in [2.24, 2.45) is 0 Å². The predicted octanol–water partition coefficient (Wildman–Crippen LogP) is 9.04. The van der Waals surface area contributed by atoms with Crippen molar-refractivity contribution in [3.8, 4) is 11.3 Å². The summed E-state index contributed by atoms with van der Waals surface area (Å²) in [6.07, 6.45) is 2.51. The van der Waals surface area contributed by atoms with Gasteiger partial charge in [-0.15, -0.1) is 12.6 Å². The molecule has 0 bridgehead atoms. The van der Waals surface area contributed by atoms with Gasteiger partial charge < -0.3 is 0 Å². The molecule has 0 aliphatic rings. The zero-order valence-corrected chi connectivity index (χ0v) is 25.7. The van der Waals surface area contributed by atoms with Crippen LogP contribution in [0.15, 0.2) is 145 Å². The second-order valence-electron chi connectivity index (χ2n) is 11.5. The molecule has 0 fully saturated rings. The van der Waals surface area contributed by atoms with Crippen molar-refractivity contribution >= 4 is 12.6 Å². The average molecular weight is 578 g/mol. The van der Waals surface area contributed by atoms with Gasteiger partial charge in [0.25, 0.3) is 0 Å². The van der Waals surface area contributed by atoms with E-state index in [1.807, 2.05) is 30.5 Å². The van der Waals surface area contributed by atoms with Crippen LogP contribution in [0.1, 0.15) is 53.3 Å². The van der Waals surface area contributed by atoms with E-state index in [4.69, 9.17) is 27.6 Å². The molecule has 43 heavy (non-hydrogen) atoms. The van der Waals surface area contributed by atoms with E-state index in [2.05, 4.69) is 130 Å². The minimum atomic E-state index is -0.558. The smallest absolute Gasteiger partial charge is 0.0705 e. The quantitative estimate of drug-likeness (QED) is 0.183. The highest BCUT2D eigenvalue weighted by Crippen LogP contribution is 2.43. The van der Waals surface area contributed by atoms with Gasteiger partial charge in [0.15, 0.2) is 0 Å². The highest BCUT2D eigenvalue weighted by Gasteiger charge is 2.38. The first kappa shape index (κ1) is 28.6. The maximum atomic E-state index is 5.54. The van der Waals surface area contributed by atoms with E-state index in [9.17, 15) is 0 Å². The number of hydrogen-bond donors (Lipinski definition) is 1. The lowest BCUT2D eigenvalue weighted by Gasteiger charge is -2.35. The van der Waals surface area contributed by atoms with Crippen molar-refractivity contribution in [2.75, 3.05) is 0 Å². The third-order valence-electron chi connectivity index (χ3n) is 8.49. The number of pyridine rings is 3. The van der Waals surface area contributed by atoms with Crippen LogP contribution in [0.3, 0.4) is 0 Å². The van der Waals surface area contributed by atoms with Crippen LogP contribution in [-0.4, -0.2) is 15.0 Å². The molecule has 3 nitrogen and oxygen atoms in total. The van der Waals surface area contributed by atoms with Gasteiger partial charge in [0.1, 0.15) is 0 Å². The van der Waals surface area contributed by atoms with E-state index in [0.717, 1.165) is 55.6 Å². The molecule has 2 unspecified atom stereocenters. The Hall–Kier alpha value is -4.54. The molecular weight excluding hydrogens is 543 g/mol. The Morgan fingerprint density at radius 2 is 1.30 bits per heavy atom. The molecular formula is C39H35N3S. The largest absolute Gasteiger partial charge is 0.261 e. The monoisotopic (exact) mass is 577 g/mol. The van der Waals surface area contributed by atoms with Gasteiger partial charge in [0.05, 0.1) is 33.6 Å². The van der Waals surface area contributed by atoms with Gasteiger partial charge in [-0.05, 0) is 79.9 Å². The molecule has 3 heterocycles. The van der Waals surface area contributed by atoms with Gasteiger partial charge in [-0.25, -0.2) is 0 Å². The van der Waals surface area contributed by atoms with E-state index in [0.29, 0.717) is 6.42 Å². The highest BCUT2D eigenvalue weighted by molar-refractivity contribution is 7.80. The van der Waals surface area contributed by atoms with Crippen LogP contribution in [0, 0.1) is 6.92 Å². The minimum absolute atomic E-state index is 0.536. The molecule has 3 aromatic carbocycles. The first-order valence-electron chi connectivity index (χ1n) is 14.6. The fourth-order valence-electron chi connectivity index (χ4n) is 6.00. The van der Waals surface area contributed by atoms with Crippen LogP contribution < -0.4 is 0 Å². The summed E-state index contributed by atoms with van der Waals surface area (Å²) in [5.74, 6) is 0. The third-order valence-corrected chi connectivity index (χ3v) is 8.88. The normalized spacial score (nSPS) is 14.0. The third kappa shape index (κ3) is 5.63. The van der Waals surface area contributed by atoms with Crippen molar-refractivity contribution in [2.45, 2.75) is 42.9 Å². The van der Waals surface area contributed by atoms with Gasteiger partial charge >= 0.3 is 0 Å². The molecule has 6 rings (SSSR count). The molecule has 0 saturated carbocycles. The Labute approximate surface area is 260 Å². The number of nitrogens with zero attached hydrogens (tertiary/aromatic N) is 3. The Bertz CT molecular complexity index is 1840. The maximum absolute atomic E-state index is 5.54. The Kier molecular flexibility index (Phi) is 7.96. The topological polar surface area (TPSA) is 38.7 Å². The maximum Gasteiger partial charge on any atom is 0.0705 e. The molecule has 212 valence electrons. The van der Waals surface area contributed by atoms with Gasteiger partial charge in [0.2, 0.25) is 0 Å². The number of aromatic nitrogens is 3. The Morgan fingerprint density at radius 1 is 0.628 bits per heavy atom. The first-order valence-corrected chi connectivity index (χ1v) is 15.1. The zero-order valence-electron chi connectivity index (χ0n) is 24.8. The van der Waals surface area contributed by atoms with E-state index in [1.165, 1.54) is 0 Å². The average Bonchev–Trinajstić information content (AvgIpc) is 3.05. The SMILES string of the molecule is Cc1cc(C(C)(Cc2ccccn2)c2cccc(-c3ccccc3)n2)nc(C(C)(c2ccccc2)c2ccccc2S)c1. The van der Waals surface area contributed by atoms with Gasteiger partial charge in [-0.1, -0.05) is 91.0 Å². The van der Waals surface area contributed by atoms with Crippen LogP contribution in [-0.2, 0) is 17.3 Å². The molecule has 0 radical (unpaired) electrons. The summed E-state index contributed by atoms with van der Waals surface area (Å²) >= 11 is 4.92. The van der Waals surface area contributed by atoms with Crippen molar-refractivity contribution in [1.82, 2.24) is 15.0 Å². The molecule has 6 aromatic rings. The molecule has 0 N–H and O–H groups in total. The predicted molar refractivity (Wildman–Crippen MR) is 179 cm³/mol. The van der Waals surface area contributed by atoms with Crippen molar-refractivity contribution < 1.29 is 0 Å². The summed E-state index contributed by atoms with van der Waals surface area (Å²) in [5.41, 5.74) is 8.24. The van der Waals surface area contributed by atoms with Crippen molar-refractivity contribution in [1.29, 1.82) is 0 Å². The number of hydrogen-bond acceptors (Lipinski definition) is 4. The first-order chi connectivity index (χ1) is 20.9. The van der Waals surface area contributed by atoms with Crippen LogP contribution >= 0.6 is 12.6 Å². The Morgan fingerprint density at radius 3 is 2.02 bits per heavy atom. The summed E-state index contributed by atoms with van der Waals surface area (Å²) in [7, 11) is 0. The molecule has 4 heteroatoms. The molecule has 0 amide bonds. The fraction of sp³-hybridized carbons (Fsp3) is 0.154. The molecule has 0 aliphatic carbocycles. The van der Waals surface area contributed by atoms with Crippen LogP contribution in [0.25, 0.3) is 11.3 Å². The second kappa shape index (κ2) is 12.0. The summed E-state index contributed by atoms with van der Waals surface area (Å²) in [6.45, 7) is 6.66. The molecule has 3 aromatic heterocycles. The standard InChI is InChI=1S/C39H35N3S/c1-28-25-36(42-37(26-28)39(3,30-17-8-5-9-18-30)32-20-10-11-22-34(32)43)38(2,27-31-19-12-13-24-40-31)35-23-14-21-33(41-35)29-15-6-4-7-16-29/h4-26,43H,27H2,1-3H3. The number of benzene rings is 3. The van der Waals surface area contributed by atoms with Crippen LogP contribution in [0.2, 0.25) is 0 Å². The van der Waals surface area contributed by atoms with Crippen molar-refractivity contribution in [3.63, 3.8) is 0 Å². The lowest BCUT2D eigenvalue weighted by Crippen LogP contribution is -2.33. The van der Waals surface area contributed by atoms with Gasteiger partial charge in [0, 0.05) is 28.8 Å². The lowest BCUT2D eigenvalue weighted by molar-refractivity contribution is 0.516. The number of aryl methyl sites for hydroxylation is 1. The second-order valence-corrected chi connectivity index (χ2v) is 12.0. The van der Waals surface area contributed by atoms with Gasteiger partial charge in [-0.3, -0.25) is 15.0 Å². The summed E-state index contributed by atoms with van der Waals surface area (Å²) in [6, 6.07) is 46.1. The summed E-state index contributed by atoms with van der Waals surface area (Å²) in [4.78, 5) is 16.5. The van der Waals surface area contributed by atoms with E-state index in [-0.39, 0.29) is 0 Å². The Balaban J connectivity index is 1.58. The molecule has 2 atom stereocenters. The number of thiol groups is 1. The van der Waals surface area contributed by atoms with Crippen LogP contribution in [0.4, 0.5) is 0 Å². The fourth-order valence-corrected chi connectivity index (χ4v) is 6.39. The number of rotatable bonds is 8. The van der Waals surface area contributed by atoms with E-state index >= 15 is 0 Å². The van der Waals surface area contributed by atoms with Crippen molar-refractivity contribution in [3.05, 3.63) is 179 Å². The molecule has 0 saturated heterocycles. The van der Waals surface area contributed by atoms with E-state index < -0.39 is 10.8 Å². The summed E-state index contributed by atoms with van der Waals surface area (Å²) in [5, 5.41) is 0. The minimum Gasteiger partial charge on any atom is -0.261 e. The van der Waals surface area contributed by atoms with Gasteiger partial charge in [-0.2, -0.15) is 0 Å². The molecule has 0 spiro atoms. The van der Waals surface area contributed by atoms with Crippen LogP contribution in [0.5, 0.6) is 0 Å². The lowest BCUT2D eigenvalue weighted by atomic mass is 9.72. The summed E-state index contributed by atoms with van der Waals surface area (Å²) < 4.78 is 0. The highest BCUT2D eigenvalue weighted by atomic mass is 32.1. The molecule has 0 aliphatic heterocycles.